The second-order valence-corrected chi connectivity index (χ2v) is 5.92. The first-order chi connectivity index (χ1) is 10.5. The summed E-state index contributed by atoms with van der Waals surface area (Å²) in [5.41, 5.74) is 7.61. The van der Waals surface area contributed by atoms with Gasteiger partial charge in [0, 0.05) is 10.6 Å². The molecule has 2 rings (SSSR count). The quantitative estimate of drug-likeness (QED) is 0.809. The Morgan fingerprint density at radius 1 is 1.05 bits per heavy atom. The Kier molecular flexibility index (Phi) is 6.21. The van der Waals surface area contributed by atoms with Gasteiger partial charge < -0.3 is 15.2 Å². The molecule has 0 saturated heterocycles. The Labute approximate surface area is 144 Å². The third kappa shape index (κ3) is 4.20. The molecule has 0 aliphatic heterocycles. The van der Waals surface area contributed by atoms with E-state index in [1.54, 1.807) is 19.2 Å². The summed E-state index contributed by atoms with van der Waals surface area (Å²) in [6, 6.07) is 9.06. The Hall–Kier alpha value is -1.13. The molecule has 0 aliphatic rings. The fraction of sp³-hybridized carbons (Fsp3) is 0.250. The van der Waals surface area contributed by atoms with E-state index in [9.17, 15) is 0 Å². The SMILES string of the molecule is COc1ccc(CCN)cc1COc1c(Cl)cc(Cl)cc1Cl. The largest absolute Gasteiger partial charge is 0.496 e. The Balaban J connectivity index is 2.22. The molecule has 0 atom stereocenters. The van der Waals surface area contributed by atoms with Crippen molar-refractivity contribution in [3.8, 4) is 11.5 Å². The van der Waals surface area contributed by atoms with Gasteiger partial charge in [0.1, 0.15) is 12.4 Å². The summed E-state index contributed by atoms with van der Waals surface area (Å²) in [6.07, 6.45) is 0.791. The van der Waals surface area contributed by atoms with Crippen LogP contribution in [-0.2, 0) is 13.0 Å². The zero-order valence-corrected chi connectivity index (χ0v) is 14.3. The molecule has 0 unspecified atom stereocenters. The first kappa shape index (κ1) is 17.2. The van der Waals surface area contributed by atoms with Crippen molar-refractivity contribution in [3.63, 3.8) is 0 Å². The molecular weight excluding hydrogens is 345 g/mol. The van der Waals surface area contributed by atoms with E-state index < -0.39 is 0 Å². The fourth-order valence-corrected chi connectivity index (χ4v) is 3.01. The third-order valence-electron chi connectivity index (χ3n) is 3.11. The molecule has 0 amide bonds. The van der Waals surface area contributed by atoms with Crippen molar-refractivity contribution in [1.29, 1.82) is 0 Å². The van der Waals surface area contributed by atoms with E-state index in [0.717, 1.165) is 23.3 Å². The van der Waals surface area contributed by atoms with Crippen molar-refractivity contribution in [2.45, 2.75) is 13.0 Å². The van der Waals surface area contributed by atoms with Crippen LogP contribution in [0.3, 0.4) is 0 Å². The van der Waals surface area contributed by atoms with Gasteiger partial charge in [0.15, 0.2) is 5.75 Å². The molecule has 2 aromatic carbocycles. The molecular formula is C16H16Cl3NO2. The van der Waals surface area contributed by atoms with Crippen molar-refractivity contribution in [2.24, 2.45) is 5.73 Å². The summed E-state index contributed by atoms with van der Waals surface area (Å²) >= 11 is 18.1. The second-order valence-electron chi connectivity index (χ2n) is 4.67. The van der Waals surface area contributed by atoms with Crippen molar-refractivity contribution in [3.05, 3.63) is 56.5 Å². The molecule has 0 heterocycles. The maximum Gasteiger partial charge on any atom is 0.157 e. The summed E-state index contributed by atoms with van der Waals surface area (Å²) in [4.78, 5) is 0. The number of halogens is 3. The zero-order valence-electron chi connectivity index (χ0n) is 12.0. The zero-order chi connectivity index (χ0) is 16.1. The van der Waals surface area contributed by atoms with E-state index in [1.807, 2.05) is 18.2 Å². The standard InChI is InChI=1S/C16H16Cl3NO2/c1-21-15-3-2-10(4-5-20)6-11(15)9-22-16-13(18)7-12(17)8-14(16)19/h2-3,6-8H,4-5,9,20H2,1H3. The maximum absolute atomic E-state index is 6.11. The van der Waals surface area contributed by atoms with Gasteiger partial charge in [0.2, 0.25) is 0 Å². The van der Waals surface area contributed by atoms with Crippen LogP contribution in [0.2, 0.25) is 15.1 Å². The van der Waals surface area contributed by atoms with Crippen molar-refractivity contribution in [2.75, 3.05) is 13.7 Å². The highest BCUT2D eigenvalue weighted by molar-refractivity contribution is 6.40. The lowest BCUT2D eigenvalue weighted by Gasteiger charge is -2.14. The summed E-state index contributed by atoms with van der Waals surface area (Å²) in [5.74, 6) is 1.14. The summed E-state index contributed by atoms with van der Waals surface area (Å²) in [6.45, 7) is 0.865. The molecule has 0 saturated carbocycles. The van der Waals surface area contributed by atoms with E-state index in [1.165, 1.54) is 0 Å². The molecule has 6 heteroatoms. The van der Waals surface area contributed by atoms with Crippen LogP contribution in [0.25, 0.3) is 0 Å². The number of rotatable bonds is 6. The van der Waals surface area contributed by atoms with E-state index in [2.05, 4.69) is 0 Å². The molecule has 0 aliphatic carbocycles. The predicted molar refractivity (Wildman–Crippen MR) is 91.6 cm³/mol. The Bertz CT molecular complexity index is 639. The molecule has 3 nitrogen and oxygen atoms in total. The van der Waals surface area contributed by atoms with Crippen molar-refractivity contribution in [1.82, 2.24) is 0 Å². The highest BCUT2D eigenvalue weighted by Gasteiger charge is 2.11. The Morgan fingerprint density at radius 3 is 2.32 bits per heavy atom. The summed E-state index contributed by atoms with van der Waals surface area (Å²) in [5, 5.41) is 1.20. The van der Waals surface area contributed by atoms with Crippen LogP contribution in [0.4, 0.5) is 0 Å². The average Bonchev–Trinajstić information content (AvgIpc) is 2.46. The number of benzene rings is 2. The van der Waals surface area contributed by atoms with Crippen LogP contribution >= 0.6 is 34.8 Å². The lowest BCUT2D eigenvalue weighted by Crippen LogP contribution is -2.05. The molecule has 0 radical (unpaired) electrons. The van der Waals surface area contributed by atoms with Gasteiger partial charge in [-0.25, -0.2) is 0 Å². The number of ether oxygens (including phenoxy) is 2. The molecule has 0 aromatic heterocycles. The van der Waals surface area contributed by atoms with Gasteiger partial charge in [-0.2, -0.15) is 0 Å². The molecule has 0 fully saturated rings. The van der Waals surface area contributed by atoms with Crippen LogP contribution in [-0.4, -0.2) is 13.7 Å². The highest BCUT2D eigenvalue weighted by Crippen LogP contribution is 2.36. The van der Waals surface area contributed by atoms with Crippen LogP contribution in [0.1, 0.15) is 11.1 Å². The van der Waals surface area contributed by atoms with Crippen LogP contribution in [0.5, 0.6) is 11.5 Å². The lowest BCUT2D eigenvalue weighted by atomic mass is 10.1. The van der Waals surface area contributed by atoms with E-state index in [4.69, 9.17) is 50.0 Å². The van der Waals surface area contributed by atoms with Gasteiger partial charge in [-0.05, 0) is 42.8 Å². The highest BCUT2D eigenvalue weighted by atomic mass is 35.5. The van der Waals surface area contributed by atoms with Gasteiger partial charge >= 0.3 is 0 Å². The maximum atomic E-state index is 6.11. The van der Waals surface area contributed by atoms with E-state index in [0.29, 0.717) is 27.4 Å². The minimum absolute atomic E-state index is 0.280. The third-order valence-corrected chi connectivity index (χ3v) is 3.89. The van der Waals surface area contributed by atoms with E-state index >= 15 is 0 Å². The minimum atomic E-state index is 0.280. The average molecular weight is 361 g/mol. The van der Waals surface area contributed by atoms with Gasteiger partial charge in [-0.3, -0.25) is 0 Å². The van der Waals surface area contributed by atoms with Gasteiger partial charge in [0.05, 0.1) is 17.2 Å². The summed E-state index contributed by atoms with van der Waals surface area (Å²) < 4.78 is 11.1. The Morgan fingerprint density at radius 2 is 1.73 bits per heavy atom. The van der Waals surface area contributed by atoms with Crippen molar-refractivity contribution < 1.29 is 9.47 Å². The normalized spacial score (nSPS) is 10.6. The van der Waals surface area contributed by atoms with Crippen LogP contribution < -0.4 is 15.2 Å². The first-order valence-corrected chi connectivity index (χ1v) is 7.81. The topological polar surface area (TPSA) is 44.5 Å². The monoisotopic (exact) mass is 359 g/mol. The van der Waals surface area contributed by atoms with Crippen LogP contribution in [0.15, 0.2) is 30.3 Å². The number of hydrogen-bond donors (Lipinski definition) is 1. The van der Waals surface area contributed by atoms with Gasteiger partial charge in [-0.1, -0.05) is 40.9 Å². The molecule has 0 spiro atoms. The fourth-order valence-electron chi connectivity index (χ4n) is 2.08. The number of hydrogen-bond acceptors (Lipinski definition) is 3. The smallest absolute Gasteiger partial charge is 0.157 e. The minimum Gasteiger partial charge on any atom is -0.496 e. The number of nitrogens with two attached hydrogens (primary N) is 1. The van der Waals surface area contributed by atoms with Gasteiger partial charge in [0.25, 0.3) is 0 Å². The molecule has 2 aromatic rings. The van der Waals surface area contributed by atoms with E-state index in [-0.39, 0.29) is 6.61 Å². The molecule has 2 N–H and O–H groups in total. The van der Waals surface area contributed by atoms with Gasteiger partial charge in [-0.15, -0.1) is 0 Å². The lowest BCUT2D eigenvalue weighted by molar-refractivity contribution is 0.297. The predicted octanol–water partition coefficient (Wildman–Crippen LogP) is 4.74. The summed E-state index contributed by atoms with van der Waals surface area (Å²) in [7, 11) is 1.61. The van der Waals surface area contributed by atoms with Crippen molar-refractivity contribution >= 4 is 34.8 Å². The molecule has 0 bridgehead atoms. The second kappa shape index (κ2) is 7.93. The molecule has 118 valence electrons. The first-order valence-electron chi connectivity index (χ1n) is 6.68. The number of methoxy groups -OCH3 is 1. The molecule has 22 heavy (non-hydrogen) atoms. The van der Waals surface area contributed by atoms with Crippen LogP contribution in [0, 0.1) is 0 Å².